The zero-order valence-electron chi connectivity index (χ0n) is 7.64. The van der Waals surface area contributed by atoms with Gasteiger partial charge in [0.15, 0.2) is 5.65 Å². The summed E-state index contributed by atoms with van der Waals surface area (Å²) in [6.07, 6.45) is 3.34. The molecule has 0 radical (unpaired) electrons. The molecule has 5 heteroatoms. The van der Waals surface area contributed by atoms with Crippen LogP contribution in [0.25, 0.3) is 5.65 Å². The minimum atomic E-state index is -0.392. The highest BCUT2D eigenvalue weighted by atomic mass is 16.1. The molecule has 0 saturated heterocycles. The predicted molar refractivity (Wildman–Crippen MR) is 51.6 cm³/mol. The zero-order valence-corrected chi connectivity index (χ0v) is 7.64. The van der Waals surface area contributed by atoms with Crippen LogP contribution in [0.15, 0.2) is 23.5 Å². The lowest BCUT2D eigenvalue weighted by Gasteiger charge is -1.91. The average molecular weight is 188 g/mol. The summed E-state index contributed by atoms with van der Waals surface area (Å²) in [6.45, 7) is 4.94. The Kier molecular flexibility index (Phi) is 1.85. The summed E-state index contributed by atoms with van der Waals surface area (Å²) < 4.78 is 1.55. The van der Waals surface area contributed by atoms with Crippen LogP contribution in [0.1, 0.15) is 16.1 Å². The molecular weight excluding hydrogens is 180 g/mol. The van der Waals surface area contributed by atoms with E-state index in [0.717, 1.165) is 0 Å². The second-order valence-corrected chi connectivity index (χ2v) is 2.81. The molecule has 0 spiro atoms. The standard InChI is InChI=1S/C9H8N4O/c1-6-7(9(14)10-2)8-11-4-3-5-13(8)12-6/h3-5H,2H2,1H3. The molecule has 2 rings (SSSR count). The first kappa shape index (κ1) is 8.55. The number of nitrogens with zero attached hydrogens (tertiary/aromatic N) is 4. The van der Waals surface area contributed by atoms with E-state index >= 15 is 0 Å². The van der Waals surface area contributed by atoms with Gasteiger partial charge in [-0.1, -0.05) is 0 Å². The van der Waals surface area contributed by atoms with Gasteiger partial charge in [-0.25, -0.2) is 14.5 Å². The van der Waals surface area contributed by atoms with Gasteiger partial charge in [0.1, 0.15) is 5.56 Å². The number of hydrogen-bond acceptors (Lipinski definition) is 3. The molecule has 0 aliphatic carbocycles. The molecular formula is C9H8N4O. The van der Waals surface area contributed by atoms with Crippen molar-refractivity contribution < 1.29 is 4.79 Å². The highest BCUT2D eigenvalue weighted by molar-refractivity contribution is 6.03. The van der Waals surface area contributed by atoms with Gasteiger partial charge >= 0.3 is 0 Å². The largest absolute Gasteiger partial charge is 0.282 e. The second kappa shape index (κ2) is 3.02. The summed E-state index contributed by atoms with van der Waals surface area (Å²) in [5, 5.41) is 4.13. The summed E-state index contributed by atoms with van der Waals surface area (Å²) >= 11 is 0. The van der Waals surface area contributed by atoms with Gasteiger partial charge in [0.25, 0.3) is 5.91 Å². The number of aliphatic imine (C=N–C) groups is 1. The van der Waals surface area contributed by atoms with Crippen LogP contribution in [0.2, 0.25) is 0 Å². The van der Waals surface area contributed by atoms with Crippen molar-refractivity contribution in [2.75, 3.05) is 0 Å². The van der Waals surface area contributed by atoms with Crippen molar-refractivity contribution in [3.05, 3.63) is 29.7 Å². The first-order valence-electron chi connectivity index (χ1n) is 4.05. The van der Waals surface area contributed by atoms with E-state index in [-0.39, 0.29) is 0 Å². The number of amides is 1. The Morgan fingerprint density at radius 1 is 1.64 bits per heavy atom. The Morgan fingerprint density at radius 3 is 3.14 bits per heavy atom. The molecule has 70 valence electrons. The van der Waals surface area contributed by atoms with E-state index in [1.165, 1.54) is 0 Å². The maximum absolute atomic E-state index is 11.4. The van der Waals surface area contributed by atoms with Crippen LogP contribution in [0, 0.1) is 6.92 Å². The normalized spacial score (nSPS) is 10.4. The van der Waals surface area contributed by atoms with E-state index in [1.54, 1.807) is 29.9 Å². The van der Waals surface area contributed by atoms with Crippen molar-refractivity contribution in [3.63, 3.8) is 0 Å². The summed E-state index contributed by atoms with van der Waals surface area (Å²) in [6, 6.07) is 1.75. The summed E-state index contributed by atoms with van der Waals surface area (Å²) in [4.78, 5) is 18.8. The number of aromatic nitrogens is 3. The molecule has 1 amide bonds. The van der Waals surface area contributed by atoms with Gasteiger partial charge in [0.2, 0.25) is 0 Å². The molecule has 14 heavy (non-hydrogen) atoms. The molecule has 0 fully saturated rings. The molecule has 2 aromatic rings. The fraction of sp³-hybridized carbons (Fsp3) is 0.111. The second-order valence-electron chi connectivity index (χ2n) is 2.81. The molecule has 2 heterocycles. The lowest BCUT2D eigenvalue weighted by atomic mass is 10.2. The Bertz CT molecular complexity index is 515. The first-order chi connectivity index (χ1) is 6.74. The lowest BCUT2D eigenvalue weighted by molar-refractivity contribution is 0.100. The molecule has 0 aromatic carbocycles. The fourth-order valence-corrected chi connectivity index (χ4v) is 1.33. The fourth-order valence-electron chi connectivity index (χ4n) is 1.33. The number of hydrogen-bond donors (Lipinski definition) is 0. The minimum Gasteiger partial charge on any atom is -0.267 e. The van der Waals surface area contributed by atoms with E-state index in [0.29, 0.717) is 16.9 Å². The van der Waals surface area contributed by atoms with Crippen LogP contribution < -0.4 is 0 Å². The maximum Gasteiger partial charge on any atom is 0.282 e. The highest BCUT2D eigenvalue weighted by Crippen LogP contribution is 2.13. The Morgan fingerprint density at radius 2 is 2.43 bits per heavy atom. The smallest absolute Gasteiger partial charge is 0.267 e. The van der Waals surface area contributed by atoms with E-state index in [4.69, 9.17) is 0 Å². The molecule has 2 aromatic heterocycles. The summed E-state index contributed by atoms with van der Waals surface area (Å²) in [5.41, 5.74) is 1.55. The third-order valence-corrected chi connectivity index (χ3v) is 1.93. The maximum atomic E-state index is 11.4. The van der Waals surface area contributed by atoms with Gasteiger partial charge in [0, 0.05) is 12.4 Å². The molecule has 0 N–H and O–H groups in total. The van der Waals surface area contributed by atoms with Crippen molar-refractivity contribution in [2.24, 2.45) is 4.99 Å². The average Bonchev–Trinajstić information content (AvgIpc) is 2.53. The number of aryl methyl sites for hydroxylation is 1. The van der Waals surface area contributed by atoms with Gasteiger partial charge in [-0.05, 0) is 19.7 Å². The van der Waals surface area contributed by atoms with Crippen molar-refractivity contribution in [2.45, 2.75) is 6.92 Å². The van der Waals surface area contributed by atoms with E-state index in [1.807, 2.05) is 0 Å². The van der Waals surface area contributed by atoms with Crippen molar-refractivity contribution >= 4 is 18.3 Å². The van der Waals surface area contributed by atoms with Gasteiger partial charge < -0.3 is 0 Å². The topological polar surface area (TPSA) is 59.6 Å². The quantitative estimate of drug-likeness (QED) is 0.624. The van der Waals surface area contributed by atoms with E-state index in [9.17, 15) is 4.79 Å². The van der Waals surface area contributed by atoms with Crippen LogP contribution >= 0.6 is 0 Å². The van der Waals surface area contributed by atoms with Crippen molar-refractivity contribution in [3.8, 4) is 0 Å². The summed E-state index contributed by atoms with van der Waals surface area (Å²) in [5.74, 6) is -0.392. The number of carbonyl (C=O) groups excluding carboxylic acids is 1. The third kappa shape index (κ3) is 1.10. The molecule has 0 bridgehead atoms. The van der Waals surface area contributed by atoms with E-state index in [2.05, 4.69) is 21.8 Å². The predicted octanol–water partition coefficient (Wildman–Crippen LogP) is 0.879. The number of rotatable bonds is 1. The molecule has 0 unspecified atom stereocenters. The molecule has 0 aliphatic rings. The molecule has 0 atom stereocenters. The monoisotopic (exact) mass is 188 g/mol. The minimum absolute atomic E-state index is 0.392. The van der Waals surface area contributed by atoms with Gasteiger partial charge in [-0.15, -0.1) is 0 Å². The number of carbonyl (C=O) groups is 1. The molecule has 0 aliphatic heterocycles. The molecule has 0 saturated carbocycles. The van der Waals surface area contributed by atoms with Crippen LogP contribution in [-0.4, -0.2) is 27.2 Å². The first-order valence-corrected chi connectivity index (χ1v) is 4.05. The Labute approximate surface area is 80.1 Å². The third-order valence-electron chi connectivity index (χ3n) is 1.93. The van der Waals surface area contributed by atoms with Gasteiger partial charge in [0.05, 0.1) is 5.69 Å². The highest BCUT2D eigenvalue weighted by Gasteiger charge is 2.16. The van der Waals surface area contributed by atoms with E-state index < -0.39 is 5.91 Å². The van der Waals surface area contributed by atoms with Crippen molar-refractivity contribution in [1.82, 2.24) is 14.6 Å². The van der Waals surface area contributed by atoms with Crippen LogP contribution in [0.5, 0.6) is 0 Å². The van der Waals surface area contributed by atoms with Gasteiger partial charge in [-0.2, -0.15) is 5.10 Å². The number of fused-ring (bicyclic) bond motifs is 1. The molecule has 5 nitrogen and oxygen atoms in total. The van der Waals surface area contributed by atoms with Crippen LogP contribution in [0.4, 0.5) is 0 Å². The Balaban J connectivity index is 2.80. The SMILES string of the molecule is C=NC(=O)c1c(C)nn2cccnc12. The van der Waals surface area contributed by atoms with Gasteiger partial charge in [-0.3, -0.25) is 4.79 Å². The van der Waals surface area contributed by atoms with Crippen LogP contribution in [-0.2, 0) is 0 Å². The zero-order chi connectivity index (χ0) is 10.1. The summed E-state index contributed by atoms with van der Waals surface area (Å²) in [7, 11) is 0. The lowest BCUT2D eigenvalue weighted by Crippen LogP contribution is -1.96. The van der Waals surface area contributed by atoms with Crippen molar-refractivity contribution in [1.29, 1.82) is 0 Å². The van der Waals surface area contributed by atoms with Crippen LogP contribution in [0.3, 0.4) is 0 Å². The Hall–Kier alpha value is -2.04.